The highest BCUT2D eigenvalue weighted by Gasteiger charge is 2.52. The van der Waals surface area contributed by atoms with Crippen molar-refractivity contribution < 1.29 is 4.42 Å². The lowest BCUT2D eigenvalue weighted by Crippen LogP contribution is -2.54. The molecule has 0 spiro atoms. The highest BCUT2D eigenvalue weighted by atomic mass is 16.3. The van der Waals surface area contributed by atoms with E-state index in [0.717, 1.165) is 35.8 Å². The average molecular weight is 273 g/mol. The van der Waals surface area contributed by atoms with Gasteiger partial charge in [0.15, 0.2) is 0 Å². The highest BCUT2D eigenvalue weighted by Crippen LogP contribution is 2.61. The van der Waals surface area contributed by atoms with E-state index in [-0.39, 0.29) is 0 Å². The Labute approximate surface area is 122 Å². The number of rotatable bonds is 4. The van der Waals surface area contributed by atoms with Gasteiger partial charge in [0.25, 0.3) is 0 Å². The molecular weight excluding hydrogens is 246 g/mol. The third-order valence-corrected chi connectivity index (χ3v) is 6.38. The van der Waals surface area contributed by atoms with Crippen molar-refractivity contribution in [1.82, 2.24) is 5.32 Å². The summed E-state index contributed by atoms with van der Waals surface area (Å²) < 4.78 is 5.69. The fourth-order valence-electron chi connectivity index (χ4n) is 5.76. The number of aryl methyl sites for hydroxylation is 1. The zero-order valence-electron chi connectivity index (χ0n) is 12.8. The minimum absolute atomic E-state index is 0.594. The summed E-state index contributed by atoms with van der Waals surface area (Å²) in [7, 11) is 0. The van der Waals surface area contributed by atoms with Crippen molar-refractivity contribution in [2.75, 3.05) is 0 Å². The van der Waals surface area contributed by atoms with Gasteiger partial charge in [0.2, 0.25) is 0 Å². The van der Waals surface area contributed by atoms with Gasteiger partial charge in [0.1, 0.15) is 11.5 Å². The fraction of sp³-hybridized carbons (Fsp3) is 0.778. The second-order valence-corrected chi connectivity index (χ2v) is 7.89. The highest BCUT2D eigenvalue weighted by molar-refractivity contribution is 5.08. The zero-order chi connectivity index (χ0) is 13.7. The molecule has 1 N–H and O–H groups in total. The van der Waals surface area contributed by atoms with Crippen LogP contribution in [-0.2, 0) is 6.54 Å². The molecule has 0 aromatic carbocycles. The summed E-state index contributed by atoms with van der Waals surface area (Å²) in [5.41, 5.74) is 0.594. The van der Waals surface area contributed by atoms with Gasteiger partial charge in [0.05, 0.1) is 6.54 Å². The van der Waals surface area contributed by atoms with Crippen molar-refractivity contribution >= 4 is 0 Å². The van der Waals surface area contributed by atoms with Gasteiger partial charge >= 0.3 is 0 Å². The van der Waals surface area contributed by atoms with E-state index < -0.39 is 0 Å². The van der Waals surface area contributed by atoms with Crippen molar-refractivity contribution in [3.05, 3.63) is 23.7 Å². The van der Waals surface area contributed by atoms with Gasteiger partial charge in [-0.15, -0.1) is 0 Å². The lowest BCUT2D eigenvalue weighted by Gasteiger charge is -2.59. The first-order valence-corrected chi connectivity index (χ1v) is 8.42. The van der Waals surface area contributed by atoms with Crippen molar-refractivity contribution in [3.63, 3.8) is 0 Å². The Balaban J connectivity index is 1.44. The Bertz CT molecular complexity index is 454. The molecule has 2 heteroatoms. The summed E-state index contributed by atoms with van der Waals surface area (Å²) in [6.07, 6.45) is 9.02. The molecule has 0 aliphatic heterocycles. The van der Waals surface area contributed by atoms with Crippen LogP contribution in [-0.4, -0.2) is 6.04 Å². The summed E-state index contributed by atoms with van der Waals surface area (Å²) in [4.78, 5) is 0. The van der Waals surface area contributed by atoms with Gasteiger partial charge in [-0.1, -0.05) is 0 Å². The first kappa shape index (κ1) is 12.9. The second kappa shape index (κ2) is 4.62. The Morgan fingerprint density at radius 3 is 2.25 bits per heavy atom. The summed E-state index contributed by atoms with van der Waals surface area (Å²) in [6, 6.07) is 4.79. The quantitative estimate of drug-likeness (QED) is 0.885. The van der Waals surface area contributed by atoms with E-state index in [1.807, 2.05) is 6.92 Å². The molecule has 0 unspecified atom stereocenters. The number of furan rings is 1. The van der Waals surface area contributed by atoms with Crippen LogP contribution in [0.4, 0.5) is 0 Å². The molecule has 4 fully saturated rings. The minimum Gasteiger partial charge on any atom is -0.465 e. The number of hydrogen-bond donors (Lipinski definition) is 1. The number of nitrogens with one attached hydrogen (secondary N) is 1. The maximum absolute atomic E-state index is 5.69. The molecule has 4 saturated carbocycles. The fourth-order valence-corrected chi connectivity index (χ4v) is 5.76. The molecule has 0 saturated heterocycles. The normalized spacial score (nSPS) is 40.2. The Morgan fingerprint density at radius 1 is 1.15 bits per heavy atom. The molecule has 20 heavy (non-hydrogen) atoms. The SMILES string of the molecule is Cc1ccc(CN[C@@H](C)C23CC4CC(CC(C4)C2)C3)o1. The number of hydrogen-bond acceptors (Lipinski definition) is 2. The van der Waals surface area contributed by atoms with Gasteiger partial charge in [-0.05, 0) is 87.7 Å². The summed E-state index contributed by atoms with van der Waals surface area (Å²) in [5, 5.41) is 3.78. The standard InChI is InChI=1S/C18H27NO/c1-12-3-4-17(20-12)11-19-13(2)18-8-14-5-15(9-18)7-16(6-14)10-18/h3-4,13-16,19H,5-11H2,1-2H3/t13-,14?,15?,16?,18?/m0/s1. The molecule has 1 aromatic heterocycles. The van der Waals surface area contributed by atoms with E-state index in [1.54, 1.807) is 0 Å². The molecule has 110 valence electrons. The Hall–Kier alpha value is -0.760. The topological polar surface area (TPSA) is 25.2 Å². The van der Waals surface area contributed by atoms with Gasteiger partial charge in [-0.3, -0.25) is 0 Å². The minimum atomic E-state index is 0.594. The maximum Gasteiger partial charge on any atom is 0.117 e. The summed E-state index contributed by atoms with van der Waals surface area (Å²) >= 11 is 0. The van der Waals surface area contributed by atoms with Crippen molar-refractivity contribution in [2.24, 2.45) is 23.2 Å². The Morgan fingerprint density at radius 2 is 1.75 bits per heavy atom. The van der Waals surface area contributed by atoms with Crippen LogP contribution >= 0.6 is 0 Å². The molecule has 1 atom stereocenters. The van der Waals surface area contributed by atoms with Crippen LogP contribution in [0.1, 0.15) is 57.0 Å². The summed E-state index contributed by atoms with van der Waals surface area (Å²) in [6.45, 7) is 5.33. The molecular formula is C18H27NO. The maximum atomic E-state index is 5.69. The summed E-state index contributed by atoms with van der Waals surface area (Å²) in [5.74, 6) is 5.22. The Kier molecular flexibility index (Phi) is 2.99. The monoisotopic (exact) mass is 273 g/mol. The lowest BCUT2D eigenvalue weighted by atomic mass is 9.48. The van der Waals surface area contributed by atoms with Crippen LogP contribution in [0.25, 0.3) is 0 Å². The van der Waals surface area contributed by atoms with Crippen LogP contribution in [0.2, 0.25) is 0 Å². The predicted molar refractivity (Wildman–Crippen MR) is 80.4 cm³/mol. The molecule has 4 aliphatic rings. The zero-order valence-corrected chi connectivity index (χ0v) is 12.8. The van der Waals surface area contributed by atoms with Gasteiger partial charge in [-0.25, -0.2) is 0 Å². The largest absolute Gasteiger partial charge is 0.465 e. The molecule has 2 nitrogen and oxygen atoms in total. The van der Waals surface area contributed by atoms with Crippen molar-refractivity contribution in [1.29, 1.82) is 0 Å². The smallest absolute Gasteiger partial charge is 0.117 e. The molecule has 1 aromatic rings. The molecule has 5 rings (SSSR count). The molecule has 0 radical (unpaired) electrons. The second-order valence-electron chi connectivity index (χ2n) is 7.89. The van der Waals surface area contributed by atoms with Crippen LogP contribution in [0.15, 0.2) is 16.5 Å². The van der Waals surface area contributed by atoms with E-state index in [1.165, 1.54) is 38.5 Å². The van der Waals surface area contributed by atoms with Crippen LogP contribution in [0, 0.1) is 30.1 Å². The molecule has 1 heterocycles. The van der Waals surface area contributed by atoms with E-state index in [4.69, 9.17) is 4.42 Å². The third-order valence-electron chi connectivity index (χ3n) is 6.38. The third kappa shape index (κ3) is 2.13. The van der Waals surface area contributed by atoms with Crippen molar-refractivity contribution in [2.45, 2.75) is 65.0 Å². The van der Waals surface area contributed by atoms with E-state index >= 15 is 0 Å². The molecule has 4 bridgehead atoms. The average Bonchev–Trinajstić information content (AvgIpc) is 2.80. The van der Waals surface area contributed by atoms with E-state index in [9.17, 15) is 0 Å². The van der Waals surface area contributed by atoms with Crippen LogP contribution in [0.3, 0.4) is 0 Å². The van der Waals surface area contributed by atoms with Crippen LogP contribution < -0.4 is 5.32 Å². The van der Waals surface area contributed by atoms with Gasteiger partial charge in [-0.2, -0.15) is 0 Å². The van der Waals surface area contributed by atoms with E-state index in [0.29, 0.717) is 11.5 Å². The van der Waals surface area contributed by atoms with Crippen LogP contribution in [0.5, 0.6) is 0 Å². The first-order valence-electron chi connectivity index (χ1n) is 8.42. The van der Waals surface area contributed by atoms with Gasteiger partial charge in [0, 0.05) is 6.04 Å². The first-order chi connectivity index (χ1) is 9.63. The molecule has 0 amide bonds. The molecule has 4 aliphatic carbocycles. The predicted octanol–water partition coefficient (Wildman–Crippen LogP) is 4.28. The van der Waals surface area contributed by atoms with Gasteiger partial charge < -0.3 is 9.73 Å². The van der Waals surface area contributed by atoms with E-state index in [2.05, 4.69) is 24.4 Å². The van der Waals surface area contributed by atoms with Crippen molar-refractivity contribution in [3.8, 4) is 0 Å². The lowest BCUT2D eigenvalue weighted by molar-refractivity contribution is -0.0708.